The summed E-state index contributed by atoms with van der Waals surface area (Å²) in [4.78, 5) is 33.3. The Kier molecular flexibility index (Phi) is 6.78. The molecule has 4 heteroatoms. The molecule has 7 rings (SSSR count). The van der Waals surface area contributed by atoms with E-state index in [0.29, 0.717) is 24.7 Å². The number of pyridine rings is 1. The first-order chi connectivity index (χ1) is 20.7. The van der Waals surface area contributed by atoms with Gasteiger partial charge in [0.25, 0.3) is 0 Å². The number of nitrogens with zero attached hydrogens (tertiary/aromatic N) is 1. The van der Waals surface area contributed by atoms with Crippen LogP contribution in [0.25, 0.3) is 10.8 Å². The van der Waals surface area contributed by atoms with Crippen LogP contribution in [0, 0.1) is 50.7 Å². The number of hydrogen-bond donors (Lipinski definition) is 1. The van der Waals surface area contributed by atoms with E-state index in [1.807, 2.05) is 24.5 Å². The van der Waals surface area contributed by atoms with Crippen LogP contribution < -0.4 is 0 Å². The quantitative estimate of drug-likeness (QED) is 0.384. The van der Waals surface area contributed by atoms with Gasteiger partial charge < -0.3 is 5.11 Å². The minimum atomic E-state index is -0.681. The van der Waals surface area contributed by atoms with Gasteiger partial charge in [0.15, 0.2) is 5.78 Å². The molecular weight excluding hydrogens is 542 g/mol. The molecule has 0 amide bonds. The molecule has 5 aliphatic rings. The Morgan fingerprint density at radius 1 is 0.909 bits per heavy atom. The van der Waals surface area contributed by atoms with E-state index in [9.17, 15) is 14.7 Å². The lowest BCUT2D eigenvalue weighted by molar-refractivity contribution is -0.228. The van der Waals surface area contributed by atoms with E-state index in [1.54, 1.807) is 0 Å². The van der Waals surface area contributed by atoms with Crippen LogP contribution in [0.15, 0.2) is 47.8 Å². The normalized spacial score (nSPS) is 41.2. The highest BCUT2D eigenvalue weighted by Crippen LogP contribution is 2.76. The number of allylic oxidation sites excluding steroid dienone is 2. The first kappa shape index (κ1) is 30.3. The minimum absolute atomic E-state index is 0.0367. The molecule has 0 bridgehead atoms. The summed E-state index contributed by atoms with van der Waals surface area (Å²) in [5, 5.41) is 13.2. The average molecular weight is 596 g/mol. The molecule has 0 saturated heterocycles. The fourth-order valence-corrected chi connectivity index (χ4v) is 12.6. The van der Waals surface area contributed by atoms with Gasteiger partial charge in [0.05, 0.1) is 11.5 Å². The Morgan fingerprint density at radius 3 is 2.41 bits per heavy atom. The number of aromatic nitrogens is 1. The van der Waals surface area contributed by atoms with E-state index in [4.69, 9.17) is 0 Å². The fraction of sp³-hybridized carbons (Fsp3) is 0.675. The van der Waals surface area contributed by atoms with Crippen LogP contribution >= 0.6 is 0 Å². The largest absolute Gasteiger partial charge is 0.393 e. The van der Waals surface area contributed by atoms with Crippen molar-refractivity contribution in [2.45, 2.75) is 119 Å². The first-order valence-corrected chi connectivity index (χ1v) is 17.5. The van der Waals surface area contributed by atoms with Crippen LogP contribution in [-0.2, 0) is 16.0 Å². The molecule has 0 unspecified atom stereocenters. The maximum atomic E-state index is 14.8. The molecule has 1 aromatic heterocycles. The fourth-order valence-electron chi connectivity index (χ4n) is 12.6. The molecule has 1 N–H and O–H groups in total. The number of ketones is 2. The Hall–Kier alpha value is -2.33. The lowest BCUT2D eigenvalue weighted by Crippen LogP contribution is -2.65. The predicted molar refractivity (Wildman–Crippen MR) is 176 cm³/mol. The van der Waals surface area contributed by atoms with E-state index < -0.39 is 5.41 Å². The van der Waals surface area contributed by atoms with Crippen LogP contribution in [0.5, 0.6) is 0 Å². The number of carbonyl (C=O) groups excluding carboxylic acids is 2. The summed E-state index contributed by atoms with van der Waals surface area (Å²) in [6.07, 6.45) is 12.5. The summed E-state index contributed by atoms with van der Waals surface area (Å²) in [6.45, 7) is 16.6. The first-order valence-electron chi connectivity index (χ1n) is 17.5. The number of hydrogen-bond acceptors (Lipinski definition) is 4. The van der Waals surface area contributed by atoms with Gasteiger partial charge in [0, 0.05) is 30.6 Å². The molecule has 1 heterocycles. The van der Waals surface area contributed by atoms with Crippen molar-refractivity contribution in [1.29, 1.82) is 0 Å². The zero-order chi connectivity index (χ0) is 31.4. The topological polar surface area (TPSA) is 67.3 Å². The summed E-state index contributed by atoms with van der Waals surface area (Å²) in [5.41, 5.74) is 2.83. The van der Waals surface area contributed by atoms with Gasteiger partial charge in [0.2, 0.25) is 0 Å². The number of aliphatic hydroxyl groups excluding tert-OH is 1. The Balaban J connectivity index is 1.30. The molecule has 44 heavy (non-hydrogen) atoms. The molecule has 5 aliphatic carbocycles. The number of aliphatic hydroxyl groups is 1. The zero-order valence-electron chi connectivity index (χ0n) is 28.1. The van der Waals surface area contributed by atoms with Crippen LogP contribution in [0.3, 0.4) is 0 Å². The van der Waals surface area contributed by atoms with Crippen molar-refractivity contribution in [3.05, 3.63) is 53.4 Å². The van der Waals surface area contributed by atoms with Crippen molar-refractivity contribution in [2.75, 3.05) is 0 Å². The molecule has 2 aromatic rings. The van der Waals surface area contributed by atoms with Gasteiger partial charge in [0.1, 0.15) is 5.78 Å². The monoisotopic (exact) mass is 595 g/mol. The second-order valence-electron chi connectivity index (χ2n) is 17.3. The third-order valence-corrected chi connectivity index (χ3v) is 15.0. The second kappa shape index (κ2) is 9.84. The summed E-state index contributed by atoms with van der Waals surface area (Å²) in [5.74, 6) is 1.93. The summed E-state index contributed by atoms with van der Waals surface area (Å²) in [6, 6.07) is 8.20. The van der Waals surface area contributed by atoms with Gasteiger partial charge in [-0.05, 0) is 119 Å². The van der Waals surface area contributed by atoms with Crippen LogP contribution in [0.1, 0.15) is 112 Å². The summed E-state index contributed by atoms with van der Waals surface area (Å²) < 4.78 is 0. The Bertz CT molecular complexity index is 1560. The molecular formula is C40H53NO3. The minimum Gasteiger partial charge on any atom is -0.393 e. The number of benzene rings is 1. The van der Waals surface area contributed by atoms with Crippen molar-refractivity contribution in [2.24, 2.45) is 50.7 Å². The second-order valence-corrected chi connectivity index (χ2v) is 17.3. The molecule has 0 radical (unpaired) electrons. The smallest absolute Gasteiger partial charge is 0.160 e. The van der Waals surface area contributed by atoms with Gasteiger partial charge in [-0.1, -0.05) is 72.7 Å². The van der Waals surface area contributed by atoms with Gasteiger partial charge in [-0.2, -0.15) is 0 Å². The lowest BCUT2D eigenvalue weighted by atomic mass is 9.33. The molecule has 4 saturated carbocycles. The lowest BCUT2D eigenvalue weighted by Gasteiger charge is -2.72. The van der Waals surface area contributed by atoms with E-state index in [0.717, 1.165) is 66.9 Å². The van der Waals surface area contributed by atoms with Crippen molar-refractivity contribution >= 4 is 22.3 Å². The van der Waals surface area contributed by atoms with Crippen LogP contribution in [0.4, 0.5) is 0 Å². The number of carbonyl (C=O) groups is 2. The van der Waals surface area contributed by atoms with E-state index in [-0.39, 0.29) is 51.2 Å². The van der Waals surface area contributed by atoms with Crippen molar-refractivity contribution < 1.29 is 14.7 Å². The maximum Gasteiger partial charge on any atom is 0.160 e. The molecule has 8 atom stereocenters. The molecule has 1 aromatic carbocycles. The van der Waals surface area contributed by atoms with E-state index >= 15 is 0 Å². The third-order valence-electron chi connectivity index (χ3n) is 15.0. The standard InChI is InChI=1S/C40H53NO3/c1-24(2)34-29(42)21-40(33(44)20-26-23-41-22-25-10-8-9-11-27(25)26)19-18-38(6)28(35(34)40)12-13-31-37(5)16-15-32(43)36(3,4)30(37)14-17-39(31,38)7/h8-11,22-24,28,30-32,43H,12-21H2,1-7H3/t28-,30+,31-,32+,37+,38-,39-,40+/m1/s1. The maximum absolute atomic E-state index is 14.8. The van der Waals surface area contributed by atoms with Gasteiger partial charge >= 0.3 is 0 Å². The molecule has 0 spiro atoms. The van der Waals surface area contributed by atoms with Crippen molar-refractivity contribution in [1.82, 2.24) is 4.98 Å². The van der Waals surface area contributed by atoms with Gasteiger partial charge in [-0.25, -0.2) is 0 Å². The highest BCUT2D eigenvalue weighted by atomic mass is 16.3. The zero-order valence-corrected chi connectivity index (χ0v) is 28.1. The van der Waals surface area contributed by atoms with E-state index in [1.165, 1.54) is 12.0 Å². The Morgan fingerprint density at radius 2 is 1.66 bits per heavy atom. The van der Waals surface area contributed by atoms with Gasteiger partial charge in [-0.15, -0.1) is 0 Å². The SMILES string of the molecule is CC(C)C1=C2[C@H]3CC[C@@H]4[C@@]5(C)CC[C@H](O)C(C)(C)[C@@H]5CC[C@@]4(C)[C@]3(C)CC[C@@]2(C(=O)Cc2cncc3ccccc23)CC1=O. The van der Waals surface area contributed by atoms with Gasteiger partial charge in [-0.3, -0.25) is 14.6 Å². The molecule has 4 nitrogen and oxygen atoms in total. The highest BCUT2D eigenvalue weighted by molar-refractivity contribution is 6.08. The number of rotatable bonds is 4. The van der Waals surface area contributed by atoms with Crippen LogP contribution in [-0.4, -0.2) is 27.8 Å². The summed E-state index contributed by atoms with van der Waals surface area (Å²) >= 11 is 0. The molecule has 4 fully saturated rings. The summed E-state index contributed by atoms with van der Waals surface area (Å²) in [7, 11) is 0. The number of Topliss-reactive ketones (excluding diaryl/α,β-unsaturated/α-hetero) is 2. The van der Waals surface area contributed by atoms with Crippen molar-refractivity contribution in [3.8, 4) is 0 Å². The average Bonchev–Trinajstić information content (AvgIpc) is 3.29. The third kappa shape index (κ3) is 3.82. The van der Waals surface area contributed by atoms with Crippen LogP contribution in [0.2, 0.25) is 0 Å². The Labute approximate surface area is 264 Å². The predicted octanol–water partition coefficient (Wildman–Crippen LogP) is 8.69. The highest BCUT2D eigenvalue weighted by Gasteiger charge is 2.70. The van der Waals surface area contributed by atoms with Crippen molar-refractivity contribution in [3.63, 3.8) is 0 Å². The molecule has 236 valence electrons. The number of fused-ring (bicyclic) bond motifs is 8. The molecule has 0 aliphatic heterocycles. The van der Waals surface area contributed by atoms with E-state index in [2.05, 4.69) is 65.6 Å².